The second-order valence-corrected chi connectivity index (χ2v) is 8.56. The fourth-order valence-electron chi connectivity index (χ4n) is 4.27. The highest BCUT2D eigenvalue weighted by molar-refractivity contribution is 5.86. The van der Waals surface area contributed by atoms with Crippen LogP contribution in [0.3, 0.4) is 0 Å². The van der Waals surface area contributed by atoms with Crippen molar-refractivity contribution < 1.29 is 0 Å². The lowest BCUT2D eigenvalue weighted by Crippen LogP contribution is -2.34. The van der Waals surface area contributed by atoms with Gasteiger partial charge in [-0.05, 0) is 87.3 Å². The van der Waals surface area contributed by atoms with Gasteiger partial charge in [-0.15, -0.1) is 0 Å². The van der Waals surface area contributed by atoms with Crippen LogP contribution in [0.5, 0.6) is 0 Å². The number of anilines is 1. The van der Waals surface area contributed by atoms with E-state index in [0.717, 1.165) is 24.7 Å². The summed E-state index contributed by atoms with van der Waals surface area (Å²) in [6.45, 7) is 10.7. The Morgan fingerprint density at radius 1 is 1.26 bits per heavy atom. The molecule has 27 heavy (non-hydrogen) atoms. The van der Waals surface area contributed by atoms with Gasteiger partial charge >= 0.3 is 0 Å². The van der Waals surface area contributed by atoms with Crippen LogP contribution >= 0.6 is 0 Å². The molecule has 2 saturated carbocycles. The molecule has 0 radical (unpaired) electrons. The van der Waals surface area contributed by atoms with Gasteiger partial charge in [0.1, 0.15) is 0 Å². The Balaban J connectivity index is 1.51. The van der Waals surface area contributed by atoms with Gasteiger partial charge in [0.2, 0.25) is 0 Å². The highest BCUT2D eigenvalue weighted by Crippen LogP contribution is 2.43. The zero-order valence-corrected chi connectivity index (χ0v) is 16.9. The van der Waals surface area contributed by atoms with Crippen molar-refractivity contribution in [1.82, 2.24) is 0 Å². The lowest BCUT2D eigenvalue weighted by molar-refractivity contribution is 0.169. The quantitative estimate of drug-likeness (QED) is 0.456. The maximum Gasteiger partial charge on any atom is 0.0992 e. The van der Waals surface area contributed by atoms with Crippen molar-refractivity contribution in [2.45, 2.75) is 58.8 Å². The lowest BCUT2D eigenvalue weighted by atomic mass is 9.67. The smallest absolute Gasteiger partial charge is 0.0992 e. The average molecular weight is 364 g/mol. The average Bonchev–Trinajstić information content (AvgIpc) is 3.56. The summed E-state index contributed by atoms with van der Waals surface area (Å²) in [5.41, 5.74) is 4.78. The zero-order valence-electron chi connectivity index (χ0n) is 16.9. The van der Waals surface area contributed by atoms with Gasteiger partial charge in [-0.3, -0.25) is 4.99 Å². The van der Waals surface area contributed by atoms with Gasteiger partial charge in [-0.2, -0.15) is 5.26 Å². The third kappa shape index (κ3) is 5.22. The molecule has 0 amide bonds. The van der Waals surface area contributed by atoms with Gasteiger partial charge in [-0.25, -0.2) is 0 Å². The third-order valence-corrected chi connectivity index (χ3v) is 6.73. The molecule has 0 spiro atoms. The molecule has 0 heterocycles. The van der Waals surface area contributed by atoms with Crippen molar-refractivity contribution in [1.29, 1.82) is 5.26 Å². The minimum atomic E-state index is 0.354. The monoisotopic (exact) mass is 363 g/mol. The van der Waals surface area contributed by atoms with E-state index in [-0.39, 0.29) is 0 Å². The number of hydrogen-bond acceptors (Lipinski definition) is 3. The summed E-state index contributed by atoms with van der Waals surface area (Å²) < 4.78 is 0. The van der Waals surface area contributed by atoms with Gasteiger partial charge in [0.15, 0.2) is 0 Å². The molecule has 2 aliphatic carbocycles. The highest BCUT2D eigenvalue weighted by Gasteiger charge is 2.34. The van der Waals surface area contributed by atoms with E-state index >= 15 is 0 Å². The number of nitrogens with one attached hydrogen (secondary N) is 1. The molecule has 0 bridgehead atoms. The molecule has 0 aromatic heterocycles. The SMILES string of the molecule is C=C(C/N=C(\C)C1CC1)C1CCC(CC)(CNc2cccc(C#N)c2)CC1. The molecule has 3 rings (SSSR count). The molecule has 1 aromatic rings. The third-order valence-electron chi connectivity index (χ3n) is 6.73. The first-order valence-corrected chi connectivity index (χ1v) is 10.5. The van der Waals surface area contributed by atoms with E-state index in [1.54, 1.807) is 0 Å². The number of nitrogens with zero attached hydrogens (tertiary/aromatic N) is 2. The summed E-state index contributed by atoms with van der Waals surface area (Å²) in [4.78, 5) is 4.79. The van der Waals surface area contributed by atoms with Gasteiger partial charge in [0, 0.05) is 17.9 Å². The topological polar surface area (TPSA) is 48.2 Å². The summed E-state index contributed by atoms with van der Waals surface area (Å²) in [5, 5.41) is 12.7. The molecule has 1 aromatic carbocycles. The number of rotatable bonds is 8. The van der Waals surface area contributed by atoms with E-state index < -0.39 is 0 Å². The van der Waals surface area contributed by atoms with Crippen LogP contribution in [0.2, 0.25) is 0 Å². The Morgan fingerprint density at radius 2 is 2.00 bits per heavy atom. The van der Waals surface area contributed by atoms with Crippen LogP contribution in [-0.4, -0.2) is 18.8 Å². The molecular formula is C24H33N3. The number of nitriles is 1. The summed E-state index contributed by atoms with van der Waals surface area (Å²) in [7, 11) is 0. The lowest BCUT2D eigenvalue weighted by Gasteiger charge is -2.40. The van der Waals surface area contributed by atoms with E-state index in [9.17, 15) is 0 Å². The van der Waals surface area contributed by atoms with Crippen LogP contribution in [0.25, 0.3) is 0 Å². The Kier molecular flexibility index (Phi) is 6.37. The summed E-state index contributed by atoms with van der Waals surface area (Å²) in [6, 6.07) is 10.0. The molecular weight excluding hydrogens is 330 g/mol. The zero-order chi connectivity index (χ0) is 19.3. The van der Waals surface area contributed by atoms with Crippen molar-refractivity contribution in [3.63, 3.8) is 0 Å². The molecule has 1 N–H and O–H groups in total. The Bertz CT molecular complexity index is 728. The van der Waals surface area contributed by atoms with Crippen LogP contribution < -0.4 is 5.32 Å². The Labute approximate surface area is 164 Å². The molecule has 0 aliphatic heterocycles. The molecule has 0 atom stereocenters. The molecule has 2 aliphatic rings. The Hall–Kier alpha value is -2.08. The van der Waals surface area contributed by atoms with Crippen LogP contribution in [0, 0.1) is 28.6 Å². The van der Waals surface area contributed by atoms with Crippen LogP contribution in [0.1, 0.15) is 64.4 Å². The highest BCUT2D eigenvalue weighted by atomic mass is 14.9. The van der Waals surface area contributed by atoms with Gasteiger partial charge in [-0.1, -0.05) is 25.1 Å². The molecule has 0 unspecified atom stereocenters. The predicted octanol–water partition coefficient (Wildman–Crippen LogP) is 5.98. The van der Waals surface area contributed by atoms with Crippen molar-refractivity contribution in [3.8, 4) is 6.07 Å². The summed E-state index contributed by atoms with van der Waals surface area (Å²) in [5.74, 6) is 1.39. The second kappa shape index (κ2) is 8.74. The molecule has 3 heteroatoms. The molecule has 0 saturated heterocycles. The maximum atomic E-state index is 9.07. The normalized spacial score (nSPS) is 25.7. The van der Waals surface area contributed by atoms with Crippen molar-refractivity contribution in [2.75, 3.05) is 18.4 Å². The molecule has 144 valence electrons. The van der Waals surface area contributed by atoms with E-state index in [1.165, 1.54) is 56.2 Å². The first kappa shape index (κ1) is 19.7. The Morgan fingerprint density at radius 3 is 2.63 bits per heavy atom. The van der Waals surface area contributed by atoms with E-state index in [2.05, 4.69) is 37.9 Å². The first-order valence-electron chi connectivity index (χ1n) is 10.5. The maximum absolute atomic E-state index is 9.07. The van der Waals surface area contributed by atoms with Crippen molar-refractivity contribution >= 4 is 11.4 Å². The van der Waals surface area contributed by atoms with E-state index in [0.29, 0.717) is 16.9 Å². The van der Waals surface area contributed by atoms with Gasteiger partial charge < -0.3 is 5.32 Å². The van der Waals surface area contributed by atoms with Crippen LogP contribution in [-0.2, 0) is 0 Å². The van der Waals surface area contributed by atoms with Crippen LogP contribution in [0.4, 0.5) is 5.69 Å². The standard InChI is InChI=1S/C24H33N3/c1-4-24(17-27-23-7-5-6-20(14-23)15-25)12-10-21(11-13-24)18(2)16-26-19(3)22-8-9-22/h5-7,14,21-22,27H,2,4,8-13,16-17H2,1,3H3/b26-19+. The number of aliphatic imine (C=N–C) groups is 1. The van der Waals surface area contributed by atoms with Crippen LogP contribution in [0.15, 0.2) is 41.4 Å². The largest absolute Gasteiger partial charge is 0.384 e. The minimum Gasteiger partial charge on any atom is -0.384 e. The van der Waals surface area contributed by atoms with E-state index in [1.807, 2.05) is 18.2 Å². The predicted molar refractivity (Wildman–Crippen MR) is 114 cm³/mol. The summed E-state index contributed by atoms with van der Waals surface area (Å²) in [6.07, 6.45) is 8.78. The van der Waals surface area contributed by atoms with Crippen molar-refractivity contribution in [3.05, 3.63) is 42.0 Å². The molecule has 2 fully saturated rings. The summed E-state index contributed by atoms with van der Waals surface area (Å²) >= 11 is 0. The fraction of sp³-hybridized carbons (Fsp3) is 0.583. The fourth-order valence-corrected chi connectivity index (χ4v) is 4.27. The van der Waals surface area contributed by atoms with Crippen molar-refractivity contribution in [2.24, 2.45) is 22.2 Å². The van der Waals surface area contributed by atoms with E-state index in [4.69, 9.17) is 10.3 Å². The van der Waals surface area contributed by atoms with Gasteiger partial charge in [0.25, 0.3) is 0 Å². The first-order chi connectivity index (χ1) is 13.0. The molecule has 3 nitrogen and oxygen atoms in total. The number of benzene rings is 1. The number of hydrogen-bond donors (Lipinski definition) is 1. The minimum absolute atomic E-state index is 0.354. The second-order valence-electron chi connectivity index (χ2n) is 8.56. The van der Waals surface area contributed by atoms with Gasteiger partial charge in [0.05, 0.1) is 18.2 Å².